The number of pyridine rings is 2. The Kier molecular flexibility index (Phi) is 16.9. The topological polar surface area (TPSA) is 114 Å². The summed E-state index contributed by atoms with van der Waals surface area (Å²) in [4.78, 5) is 64.4. The van der Waals surface area contributed by atoms with Gasteiger partial charge in [0.05, 0.1) is 27.4 Å². The molecule has 12 heteroatoms. The molecule has 2 fully saturated rings. The second kappa shape index (κ2) is 25.6. The molecule has 2 atom stereocenters. The zero-order valence-electron chi connectivity index (χ0n) is 47.0. The normalized spacial score (nSPS) is 14.7. The van der Waals surface area contributed by atoms with Crippen molar-refractivity contribution in [2.75, 3.05) is 67.9 Å². The van der Waals surface area contributed by atoms with E-state index in [1.165, 1.54) is 0 Å². The van der Waals surface area contributed by atoms with Gasteiger partial charge in [-0.15, -0.1) is 11.8 Å². The van der Waals surface area contributed by atoms with Crippen LogP contribution in [0.4, 0.5) is 11.6 Å². The number of anilines is 2. The quantitative estimate of drug-likeness (QED) is 0.0764. The number of para-hydroxylation sites is 2. The molecule has 0 radical (unpaired) electrons. The maximum absolute atomic E-state index is 16.3. The van der Waals surface area contributed by atoms with Gasteiger partial charge in [-0.1, -0.05) is 218 Å². The molecular formula is C72H68N8O3S. The fourth-order valence-corrected chi connectivity index (χ4v) is 13.8. The molecule has 420 valence electrons. The second-order valence-corrected chi connectivity index (χ2v) is 22.9. The number of thioether (sulfide) groups is 1. The van der Waals surface area contributed by atoms with Gasteiger partial charge in [0.15, 0.2) is 0 Å². The summed E-state index contributed by atoms with van der Waals surface area (Å²) < 4.78 is -0.783. The van der Waals surface area contributed by atoms with E-state index in [2.05, 4.69) is 154 Å². The van der Waals surface area contributed by atoms with Crippen LogP contribution in [0.1, 0.15) is 46.2 Å². The molecule has 12 rings (SSSR count). The molecule has 10 aromatic rings. The van der Waals surface area contributed by atoms with E-state index in [-0.39, 0.29) is 36.3 Å². The fourth-order valence-electron chi connectivity index (χ4n) is 12.2. The predicted molar refractivity (Wildman–Crippen MR) is 340 cm³/mol. The summed E-state index contributed by atoms with van der Waals surface area (Å²) in [6, 6.07) is 84.9. The third kappa shape index (κ3) is 11.8. The van der Waals surface area contributed by atoms with Crippen LogP contribution < -0.4 is 20.4 Å². The number of piperazine rings is 2. The molecule has 2 N–H and O–H groups in total. The molecule has 0 bridgehead atoms. The van der Waals surface area contributed by atoms with Gasteiger partial charge in [-0.05, 0) is 76.2 Å². The molecule has 0 unspecified atom stereocenters. The molecule has 3 amide bonds. The minimum Gasteiger partial charge on any atom is -0.353 e. The summed E-state index contributed by atoms with van der Waals surface area (Å²) in [7, 11) is 0. The molecule has 2 aromatic heterocycles. The summed E-state index contributed by atoms with van der Waals surface area (Å²) in [5.74, 6) is 1.38. The fraction of sp³-hybridized carbons (Fsp3) is 0.208. The van der Waals surface area contributed by atoms with Gasteiger partial charge in [0.2, 0.25) is 17.7 Å². The Bertz CT molecular complexity index is 3620. The Morgan fingerprint density at radius 2 is 0.786 bits per heavy atom. The summed E-state index contributed by atoms with van der Waals surface area (Å²) in [5.41, 5.74) is 6.80. The highest BCUT2D eigenvalue weighted by Crippen LogP contribution is 2.49. The molecule has 2 saturated heterocycles. The Morgan fingerprint density at radius 1 is 0.417 bits per heavy atom. The molecule has 0 aliphatic carbocycles. The summed E-state index contributed by atoms with van der Waals surface area (Å²) in [6.45, 7) is 4.23. The van der Waals surface area contributed by atoms with Crippen LogP contribution in [0.5, 0.6) is 0 Å². The summed E-state index contributed by atoms with van der Waals surface area (Å²) in [6.07, 6.45) is 0.186. The molecule has 0 saturated carbocycles. The van der Waals surface area contributed by atoms with Crippen molar-refractivity contribution in [2.45, 2.75) is 35.2 Å². The van der Waals surface area contributed by atoms with Crippen molar-refractivity contribution in [1.29, 1.82) is 0 Å². The maximum Gasteiger partial charge on any atom is 0.245 e. The van der Waals surface area contributed by atoms with Gasteiger partial charge in [-0.3, -0.25) is 19.7 Å². The Balaban J connectivity index is 0.894. The zero-order chi connectivity index (χ0) is 57.1. The Morgan fingerprint density at radius 3 is 1.20 bits per heavy atom. The molecule has 2 aliphatic heterocycles. The number of aromatic nitrogens is 2. The molecule has 4 heterocycles. The lowest BCUT2D eigenvalue weighted by atomic mass is 9.76. The number of hydrogen-bond donors (Lipinski definition) is 2. The van der Waals surface area contributed by atoms with Gasteiger partial charge in [0, 0.05) is 75.3 Å². The van der Waals surface area contributed by atoms with Gasteiger partial charge in [0.1, 0.15) is 17.7 Å². The van der Waals surface area contributed by atoms with Crippen LogP contribution in [-0.2, 0) is 24.7 Å². The van der Waals surface area contributed by atoms with Gasteiger partial charge in [-0.2, -0.15) is 0 Å². The van der Waals surface area contributed by atoms with Crippen LogP contribution in [0.15, 0.2) is 255 Å². The van der Waals surface area contributed by atoms with Crippen LogP contribution in [0.3, 0.4) is 0 Å². The average molecular weight is 1130 g/mol. The van der Waals surface area contributed by atoms with E-state index >= 15 is 9.59 Å². The smallest absolute Gasteiger partial charge is 0.245 e. The number of hydrogen-bond acceptors (Lipinski definition) is 9. The van der Waals surface area contributed by atoms with Crippen LogP contribution >= 0.6 is 11.8 Å². The predicted octanol–water partition coefficient (Wildman–Crippen LogP) is 11.7. The zero-order valence-corrected chi connectivity index (χ0v) is 47.8. The monoisotopic (exact) mass is 1120 g/mol. The van der Waals surface area contributed by atoms with Crippen molar-refractivity contribution < 1.29 is 14.4 Å². The van der Waals surface area contributed by atoms with Crippen LogP contribution in [0.2, 0.25) is 0 Å². The van der Waals surface area contributed by atoms with E-state index in [1.807, 2.05) is 131 Å². The average Bonchev–Trinajstić information content (AvgIpc) is 2.00. The number of carbonyl (C=O) groups is 3. The van der Waals surface area contributed by atoms with Gasteiger partial charge in [-0.25, -0.2) is 9.97 Å². The second-order valence-electron chi connectivity index (χ2n) is 21.6. The highest BCUT2D eigenvalue weighted by Gasteiger charge is 2.44. The molecule has 8 aromatic carbocycles. The number of fused-ring (bicyclic) bond motifs is 2. The third-order valence-electron chi connectivity index (χ3n) is 16.6. The van der Waals surface area contributed by atoms with Gasteiger partial charge < -0.3 is 24.9 Å². The number of benzene rings is 8. The highest BCUT2D eigenvalue weighted by molar-refractivity contribution is 8.00. The van der Waals surface area contributed by atoms with Crippen LogP contribution in [-0.4, -0.2) is 108 Å². The van der Waals surface area contributed by atoms with Crippen molar-refractivity contribution in [3.63, 3.8) is 0 Å². The summed E-state index contributed by atoms with van der Waals surface area (Å²) >= 11 is 1.69. The largest absolute Gasteiger partial charge is 0.353 e. The number of rotatable bonds is 19. The molecule has 84 heavy (non-hydrogen) atoms. The van der Waals surface area contributed by atoms with E-state index in [0.717, 1.165) is 66.8 Å². The molecule has 0 spiro atoms. The van der Waals surface area contributed by atoms with E-state index in [4.69, 9.17) is 9.97 Å². The van der Waals surface area contributed by atoms with E-state index in [0.29, 0.717) is 52.4 Å². The highest BCUT2D eigenvalue weighted by atomic mass is 32.2. The first-order valence-electron chi connectivity index (χ1n) is 29.2. The van der Waals surface area contributed by atoms with Crippen molar-refractivity contribution in [3.05, 3.63) is 288 Å². The van der Waals surface area contributed by atoms with E-state index < -0.39 is 22.4 Å². The van der Waals surface area contributed by atoms with Crippen molar-refractivity contribution in [1.82, 2.24) is 30.4 Å². The van der Waals surface area contributed by atoms with E-state index in [9.17, 15) is 4.79 Å². The van der Waals surface area contributed by atoms with Gasteiger partial charge >= 0.3 is 0 Å². The maximum atomic E-state index is 16.3. The molecule has 11 nitrogen and oxygen atoms in total. The first-order valence-corrected chi connectivity index (χ1v) is 30.2. The number of amides is 3. The number of nitrogens with one attached hydrogen (secondary N) is 2. The first-order chi connectivity index (χ1) is 41.4. The minimum absolute atomic E-state index is 0.0554. The number of carbonyl (C=O) groups excluding carboxylic acids is 3. The lowest BCUT2D eigenvalue weighted by Gasteiger charge is -2.42. The summed E-state index contributed by atoms with van der Waals surface area (Å²) in [5, 5.41) is 9.63. The Labute approximate surface area is 496 Å². The van der Waals surface area contributed by atoms with Crippen LogP contribution in [0, 0.1) is 0 Å². The standard InChI is InChI=1S/C72H68N8O3S/c81-68(79-49-45-77(46-50-79)66-42-39-54-23-19-21-37-62(54)73-66)44-41-64(70(83)80-51-47-78(48-52-80)67-43-40-55-24-20-22-38-63(55)74-67)75-69(82)65(76-71(56-25-7-1-8-26-56,57-27-9-2-10-28-57)58-29-11-3-12-30-58)53-84-72(59-31-13-4-14-32-59,60-33-15-5-16-34-60)61-35-17-6-18-36-61/h1-40,42-43,64-65,76H,41,44-53H2,(H,75,82)/t64-,65-/m1/s1. The minimum atomic E-state index is -1.06. The molecular weight excluding hydrogens is 1060 g/mol. The lowest BCUT2D eigenvalue weighted by Crippen LogP contribution is -2.60. The lowest BCUT2D eigenvalue weighted by molar-refractivity contribution is -0.138. The SMILES string of the molecule is O=C(N[C@H](CCC(=O)N1CCN(c2ccc3ccccc3n2)CC1)C(=O)N1CCN(c2ccc3ccccc3n2)CC1)[C@@H](CSC(c1ccccc1)(c1ccccc1)c1ccccc1)NC(c1ccccc1)(c1ccccc1)c1ccccc1. The Hall–Kier alpha value is -9.10. The van der Waals surface area contributed by atoms with Crippen molar-refractivity contribution >= 4 is 62.9 Å². The van der Waals surface area contributed by atoms with Crippen LogP contribution in [0.25, 0.3) is 21.8 Å². The molecule has 2 aliphatic rings. The van der Waals surface area contributed by atoms with Gasteiger partial charge in [0.25, 0.3) is 0 Å². The first kappa shape index (κ1) is 55.4. The third-order valence-corrected chi connectivity index (χ3v) is 18.3. The van der Waals surface area contributed by atoms with Crippen molar-refractivity contribution in [2.24, 2.45) is 0 Å². The van der Waals surface area contributed by atoms with Crippen molar-refractivity contribution in [3.8, 4) is 0 Å². The number of nitrogens with zero attached hydrogens (tertiary/aromatic N) is 6. The van der Waals surface area contributed by atoms with E-state index in [1.54, 1.807) is 11.8 Å².